The summed E-state index contributed by atoms with van der Waals surface area (Å²) in [6.07, 6.45) is 6.43. The summed E-state index contributed by atoms with van der Waals surface area (Å²) in [6.45, 7) is 0. The van der Waals surface area contributed by atoms with E-state index in [4.69, 9.17) is 14.5 Å². The number of ether oxygens (including phenoxy) is 2. The second-order valence-corrected chi connectivity index (χ2v) is 9.73. The van der Waals surface area contributed by atoms with Crippen LogP contribution in [0.15, 0.2) is 42.6 Å². The number of nitrogens with one attached hydrogen (secondary N) is 2. The van der Waals surface area contributed by atoms with Gasteiger partial charge in [0.05, 0.1) is 17.0 Å². The molecule has 4 aliphatic rings. The van der Waals surface area contributed by atoms with Gasteiger partial charge in [0.25, 0.3) is 0 Å². The van der Waals surface area contributed by atoms with Crippen LogP contribution in [0.2, 0.25) is 0 Å². The van der Waals surface area contributed by atoms with Crippen LogP contribution in [0.25, 0.3) is 11.0 Å². The highest BCUT2D eigenvalue weighted by Gasteiger charge is 2.61. The fraction of sp³-hybridized carbons (Fsp3) is 0.296. The molecule has 2 aliphatic heterocycles. The Labute approximate surface area is 195 Å². The number of aromatic amines is 1. The molecule has 2 aliphatic carbocycles. The van der Waals surface area contributed by atoms with Gasteiger partial charge in [-0.3, -0.25) is 4.79 Å². The van der Waals surface area contributed by atoms with Crippen LogP contribution in [-0.2, 0) is 24.1 Å². The van der Waals surface area contributed by atoms with Crippen molar-refractivity contribution in [2.24, 2.45) is 0 Å². The molecule has 7 nitrogen and oxygen atoms in total. The number of aromatic nitrogens is 3. The van der Waals surface area contributed by atoms with E-state index in [1.54, 1.807) is 6.20 Å². The normalized spacial score (nSPS) is 23.5. The van der Waals surface area contributed by atoms with Crippen molar-refractivity contribution >= 4 is 22.8 Å². The van der Waals surface area contributed by atoms with Crippen LogP contribution in [0.1, 0.15) is 52.8 Å². The standard InChI is InChI=1S/C27H22N4O3/c32-22-7-5-16-21(8-9-28-26(16)31-22)33-15-4-6-20-17(12-15)23-24(25(23)34-20)27-29-18-10-13-2-1-3-14(13)11-19(18)30-27/h4,6,8-12,23-25H,1-3,5,7H2,(H,29,30)(H,28,31,32). The van der Waals surface area contributed by atoms with E-state index >= 15 is 0 Å². The zero-order valence-electron chi connectivity index (χ0n) is 18.4. The molecular weight excluding hydrogens is 428 g/mol. The maximum Gasteiger partial charge on any atom is 0.225 e. The maximum absolute atomic E-state index is 11.7. The number of anilines is 1. The van der Waals surface area contributed by atoms with Gasteiger partial charge in [0.1, 0.15) is 35.0 Å². The molecule has 2 N–H and O–H groups in total. The molecule has 4 heterocycles. The number of amides is 1. The van der Waals surface area contributed by atoms with Crippen molar-refractivity contribution in [1.82, 2.24) is 15.0 Å². The number of pyridine rings is 1. The Bertz CT molecular complexity index is 1480. The van der Waals surface area contributed by atoms with Crippen LogP contribution in [0, 0.1) is 0 Å². The number of H-pyrrole nitrogens is 1. The first kappa shape index (κ1) is 18.5. The maximum atomic E-state index is 11.7. The molecule has 3 atom stereocenters. The molecule has 1 saturated carbocycles. The fourth-order valence-electron chi connectivity index (χ4n) is 5.97. The summed E-state index contributed by atoms with van der Waals surface area (Å²) in [5.41, 5.74) is 7.21. The largest absolute Gasteiger partial charge is 0.489 e. The van der Waals surface area contributed by atoms with Crippen molar-refractivity contribution < 1.29 is 14.3 Å². The first-order valence-corrected chi connectivity index (χ1v) is 12.0. The molecule has 0 spiro atoms. The lowest BCUT2D eigenvalue weighted by atomic mass is 10.1. The lowest BCUT2D eigenvalue weighted by molar-refractivity contribution is -0.116. The zero-order valence-corrected chi connectivity index (χ0v) is 18.4. The van der Waals surface area contributed by atoms with Crippen molar-refractivity contribution in [3.63, 3.8) is 0 Å². The third-order valence-corrected chi connectivity index (χ3v) is 7.69. The van der Waals surface area contributed by atoms with E-state index in [0.29, 0.717) is 18.7 Å². The molecule has 34 heavy (non-hydrogen) atoms. The summed E-state index contributed by atoms with van der Waals surface area (Å²) in [5, 5.41) is 2.83. The van der Waals surface area contributed by atoms with Crippen molar-refractivity contribution in [2.75, 3.05) is 5.32 Å². The van der Waals surface area contributed by atoms with E-state index in [2.05, 4.69) is 33.5 Å². The van der Waals surface area contributed by atoms with Gasteiger partial charge in [0, 0.05) is 29.7 Å². The second-order valence-electron chi connectivity index (χ2n) is 9.73. The van der Waals surface area contributed by atoms with E-state index in [-0.39, 0.29) is 23.8 Å². The number of imidazole rings is 1. The van der Waals surface area contributed by atoms with Gasteiger partial charge < -0.3 is 19.8 Å². The van der Waals surface area contributed by atoms with Gasteiger partial charge in [-0.25, -0.2) is 9.97 Å². The molecular formula is C27H22N4O3. The predicted molar refractivity (Wildman–Crippen MR) is 126 cm³/mol. The molecule has 2 aromatic carbocycles. The van der Waals surface area contributed by atoms with Gasteiger partial charge in [-0.1, -0.05) is 0 Å². The van der Waals surface area contributed by atoms with Crippen LogP contribution in [0.5, 0.6) is 17.2 Å². The van der Waals surface area contributed by atoms with Gasteiger partial charge in [-0.2, -0.15) is 0 Å². The zero-order chi connectivity index (χ0) is 22.4. The third-order valence-electron chi connectivity index (χ3n) is 7.69. The number of carbonyl (C=O) groups is 1. The highest BCUT2D eigenvalue weighted by Crippen LogP contribution is 2.63. The van der Waals surface area contributed by atoms with Crippen molar-refractivity contribution in [3.05, 3.63) is 70.7 Å². The van der Waals surface area contributed by atoms with Gasteiger partial charge in [0.15, 0.2) is 0 Å². The van der Waals surface area contributed by atoms with Crippen LogP contribution in [-0.4, -0.2) is 27.0 Å². The molecule has 0 saturated heterocycles. The highest BCUT2D eigenvalue weighted by molar-refractivity contribution is 5.93. The lowest BCUT2D eigenvalue weighted by Crippen LogP contribution is -2.20. The number of nitrogens with zero attached hydrogens (tertiary/aromatic N) is 2. The topological polar surface area (TPSA) is 89.1 Å². The van der Waals surface area contributed by atoms with Crippen LogP contribution in [0.3, 0.4) is 0 Å². The highest BCUT2D eigenvalue weighted by atomic mass is 16.5. The Hall–Kier alpha value is -3.87. The minimum Gasteiger partial charge on any atom is -0.489 e. The molecule has 1 fully saturated rings. The summed E-state index contributed by atoms with van der Waals surface area (Å²) < 4.78 is 12.5. The lowest BCUT2D eigenvalue weighted by Gasteiger charge is -2.19. The Morgan fingerprint density at radius 3 is 2.85 bits per heavy atom. The molecule has 7 heteroatoms. The number of rotatable bonds is 3. The predicted octanol–water partition coefficient (Wildman–Crippen LogP) is 4.77. The van der Waals surface area contributed by atoms with E-state index in [1.807, 2.05) is 18.2 Å². The monoisotopic (exact) mass is 450 g/mol. The Morgan fingerprint density at radius 1 is 1.00 bits per heavy atom. The van der Waals surface area contributed by atoms with Crippen molar-refractivity contribution in [3.8, 4) is 17.2 Å². The number of fused-ring (bicyclic) bond motifs is 6. The molecule has 4 aromatic rings. The second kappa shape index (κ2) is 6.59. The number of aryl methyl sites for hydroxylation is 2. The van der Waals surface area contributed by atoms with Crippen LogP contribution >= 0.6 is 0 Å². The Balaban J connectivity index is 1.08. The summed E-state index contributed by atoms with van der Waals surface area (Å²) >= 11 is 0. The van der Waals surface area contributed by atoms with Gasteiger partial charge in [-0.15, -0.1) is 0 Å². The Morgan fingerprint density at radius 2 is 1.91 bits per heavy atom. The summed E-state index contributed by atoms with van der Waals surface area (Å²) in [4.78, 5) is 24.5. The van der Waals surface area contributed by atoms with Gasteiger partial charge in [0.2, 0.25) is 5.91 Å². The van der Waals surface area contributed by atoms with Gasteiger partial charge >= 0.3 is 0 Å². The smallest absolute Gasteiger partial charge is 0.225 e. The van der Waals surface area contributed by atoms with Crippen LogP contribution in [0.4, 0.5) is 5.82 Å². The number of carbonyl (C=O) groups excluding carboxylic acids is 1. The quantitative estimate of drug-likeness (QED) is 0.470. The molecule has 1 amide bonds. The summed E-state index contributed by atoms with van der Waals surface area (Å²) in [6, 6.07) is 12.4. The van der Waals surface area contributed by atoms with E-state index in [9.17, 15) is 4.79 Å². The average Bonchev–Trinajstić information content (AvgIpc) is 3.16. The minimum atomic E-state index is -0.00662. The van der Waals surface area contributed by atoms with E-state index in [0.717, 1.165) is 46.1 Å². The number of hydrogen-bond donors (Lipinski definition) is 2. The Kier molecular flexibility index (Phi) is 3.60. The molecule has 0 radical (unpaired) electrons. The molecule has 3 unspecified atom stereocenters. The van der Waals surface area contributed by atoms with E-state index in [1.165, 1.54) is 29.5 Å². The summed E-state index contributed by atoms with van der Waals surface area (Å²) in [5.74, 6) is 4.56. The minimum absolute atomic E-state index is 0.00662. The first-order chi connectivity index (χ1) is 16.7. The van der Waals surface area contributed by atoms with Crippen molar-refractivity contribution in [2.45, 2.75) is 50.0 Å². The van der Waals surface area contributed by atoms with E-state index < -0.39 is 0 Å². The SMILES string of the molecule is O=C1CCc2c(Oc3ccc4c(c3)C3C(O4)C3c3nc4cc5c(cc4[nH]3)CCC5)ccnc2N1. The van der Waals surface area contributed by atoms with Crippen molar-refractivity contribution in [1.29, 1.82) is 0 Å². The molecule has 0 bridgehead atoms. The number of benzene rings is 2. The van der Waals surface area contributed by atoms with Crippen LogP contribution < -0.4 is 14.8 Å². The average molecular weight is 450 g/mol. The first-order valence-electron chi connectivity index (χ1n) is 12.0. The molecule has 8 rings (SSSR count). The third kappa shape index (κ3) is 2.67. The van der Waals surface area contributed by atoms with Gasteiger partial charge in [-0.05, 0) is 73.2 Å². The summed E-state index contributed by atoms with van der Waals surface area (Å²) in [7, 11) is 0. The molecule has 2 aromatic heterocycles. The number of hydrogen-bond acceptors (Lipinski definition) is 5. The fourth-order valence-corrected chi connectivity index (χ4v) is 5.97. The molecule has 168 valence electrons.